The number of ether oxygens (including phenoxy) is 2. The molecule has 0 spiro atoms. The predicted octanol–water partition coefficient (Wildman–Crippen LogP) is 5.71. The lowest BCUT2D eigenvalue weighted by Gasteiger charge is -2.35. The number of amides is 2. The molecule has 8 nitrogen and oxygen atoms in total. The molecule has 9 heteroatoms. The van der Waals surface area contributed by atoms with Gasteiger partial charge in [-0.25, -0.2) is 4.79 Å². The van der Waals surface area contributed by atoms with Gasteiger partial charge in [-0.15, -0.1) is 0 Å². The Morgan fingerprint density at radius 3 is 2.69 bits per heavy atom. The van der Waals surface area contributed by atoms with Crippen LogP contribution in [0.15, 0.2) is 58.8 Å². The van der Waals surface area contributed by atoms with Gasteiger partial charge in [-0.2, -0.15) is 4.98 Å². The van der Waals surface area contributed by atoms with E-state index in [9.17, 15) is 4.79 Å². The monoisotopic (exact) mass is 496 g/mol. The van der Waals surface area contributed by atoms with Gasteiger partial charge in [-0.05, 0) is 69.2 Å². The minimum Gasteiger partial charge on any atom is -0.497 e. The highest BCUT2D eigenvalue weighted by atomic mass is 35.5. The zero-order valence-electron chi connectivity index (χ0n) is 20.2. The molecule has 1 aliphatic heterocycles. The number of carbonyl (C=O) groups is 1. The molecule has 1 aromatic heterocycles. The van der Waals surface area contributed by atoms with Crippen molar-refractivity contribution in [2.45, 2.75) is 39.3 Å². The second kappa shape index (κ2) is 10.9. The average Bonchev–Trinajstić information content (AvgIpc) is 3.33. The van der Waals surface area contributed by atoms with E-state index >= 15 is 0 Å². The number of hydrogen-bond donors (Lipinski definition) is 1. The molecule has 1 aliphatic rings. The summed E-state index contributed by atoms with van der Waals surface area (Å²) in [5.41, 5.74) is 3.11. The van der Waals surface area contributed by atoms with Crippen LogP contribution in [-0.2, 0) is 4.74 Å². The van der Waals surface area contributed by atoms with Gasteiger partial charge >= 0.3 is 6.03 Å². The number of urea groups is 1. The maximum atomic E-state index is 13.1. The molecule has 0 bridgehead atoms. The van der Waals surface area contributed by atoms with Crippen molar-refractivity contribution >= 4 is 23.2 Å². The standard InChI is InChI=1S/C26H29ClN4O4/c1-16(2)34-14-6-13-31-17(3)22(23(28-26(31)32)19-7-5-8-21(15-19)33-4)25-29-24(30-35-25)18-9-11-20(27)12-10-18/h5,7-12,15-16,23H,6,13-14H2,1-4H3,(H,28,32). The van der Waals surface area contributed by atoms with E-state index in [-0.39, 0.29) is 12.1 Å². The molecule has 1 unspecified atom stereocenters. The summed E-state index contributed by atoms with van der Waals surface area (Å²) < 4.78 is 16.8. The van der Waals surface area contributed by atoms with Crippen molar-refractivity contribution in [2.75, 3.05) is 20.3 Å². The van der Waals surface area contributed by atoms with Gasteiger partial charge in [0.05, 0.1) is 24.8 Å². The highest BCUT2D eigenvalue weighted by Gasteiger charge is 2.35. The summed E-state index contributed by atoms with van der Waals surface area (Å²) in [5.74, 6) is 1.47. The van der Waals surface area contributed by atoms with E-state index in [2.05, 4.69) is 15.5 Å². The first-order valence-electron chi connectivity index (χ1n) is 11.5. The lowest BCUT2D eigenvalue weighted by molar-refractivity contribution is 0.0736. The lowest BCUT2D eigenvalue weighted by atomic mass is 9.94. The Morgan fingerprint density at radius 1 is 1.20 bits per heavy atom. The van der Waals surface area contributed by atoms with Gasteiger partial charge in [0.15, 0.2) is 0 Å². The maximum absolute atomic E-state index is 13.1. The van der Waals surface area contributed by atoms with Crippen LogP contribution in [0.3, 0.4) is 0 Å². The van der Waals surface area contributed by atoms with Gasteiger partial charge in [0.1, 0.15) is 5.75 Å². The van der Waals surface area contributed by atoms with Crippen LogP contribution >= 0.6 is 11.6 Å². The van der Waals surface area contributed by atoms with Crippen LogP contribution in [0.25, 0.3) is 17.0 Å². The molecule has 0 saturated carbocycles. The van der Waals surface area contributed by atoms with Crippen LogP contribution in [0.5, 0.6) is 5.75 Å². The molecule has 0 radical (unpaired) electrons. The maximum Gasteiger partial charge on any atom is 0.322 e. The van der Waals surface area contributed by atoms with Crippen molar-refractivity contribution in [3.05, 3.63) is 70.7 Å². The fourth-order valence-corrected chi connectivity index (χ4v) is 4.12. The average molecular weight is 497 g/mol. The molecule has 184 valence electrons. The molecule has 2 heterocycles. The van der Waals surface area contributed by atoms with Gasteiger partial charge in [0.25, 0.3) is 5.89 Å². The van der Waals surface area contributed by atoms with Crippen molar-refractivity contribution in [1.29, 1.82) is 0 Å². The number of methoxy groups -OCH3 is 1. The fourth-order valence-electron chi connectivity index (χ4n) is 3.99. The first kappa shape index (κ1) is 24.8. The summed E-state index contributed by atoms with van der Waals surface area (Å²) in [6.45, 7) is 6.94. The second-order valence-electron chi connectivity index (χ2n) is 8.51. The number of aromatic nitrogens is 2. The number of benzene rings is 2. The fraction of sp³-hybridized carbons (Fsp3) is 0.346. The van der Waals surface area contributed by atoms with Crippen molar-refractivity contribution in [2.24, 2.45) is 0 Å². The van der Waals surface area contributed by atoms with E-state index in [1.54, 1.807) is 24.1 Å². The topological polar surface area (TPSA) is 89.7 Å². The zero-order valence-corrected chi connectivity index (χ0v) is 21.0. The molecular weight excluding hydrogens is 468 g/mol. The highest BCUT2D eigenvalue weighted by molar-refractivity contribution is 6.30. The number of hydrogen-bond acceptors (Lipinski definition) is 6. The molecule has 1 atom stereocenters. The van der Waals surface area contributed by atoms with E-state index in [0.717, 1.165) is 22.4 Å². The third-order valence-electron chi connectivity index (χ3n) is 5.76. The van der Waals surface area contributed by atoms with E-state index in [1.165, 1.54) is 0 Å². The highest BCUT2D eigenvalue weighted by Crippen LogP contribution is 2.38. The van der Waals surface area contributed by atoms with Crippen molar-refractivity contribution in [3.8, 4) is 17.1 Å². The molecule has 4 rings (SSSR count). The first-order chi connectivity index (χ1) is 16.9. The van der Waals surface area contributed by atoms with Gasteiger partial charge in [0.2, 0.25) is 5.82 Å². The minimum atomic E-state index is -0.487. The number of rotatable bonds is 9. The molecular formula is C26H29ClN4O4. The quantitative estimate of drug-likeness (QED) is 0.381. The number of nitrogens with one attached hydrogen (secondary N) is 1. The van der Waals surface area contributed by atoms with Gasteiger partial charge in [-0.3, -0.25) is 4.90 Å². The SMILES string of the molecule is COc1cccc(C2NC(=O)N(CCCOC(C)C)C(C)=C2c2nc(-c3ccc(Cl)cc3)no2)c1. The summed E-state index contributed by atoms with van der Waals surface area (Å²) >= 11 is 6.02. The van der Waals surface area contributed by atoms with Crippen molar-refractivity contribution < 1.29 is 18.8 Å². The molecule has 1 N–H and O–H groups in total. The molecule has 0 aliphatic carbocycles. The van der Waals surface area contributed by atoms with E-state index < -0.39 is 6.04 Å². The molecule has 3 aromatic rings. The van der Waals surface area contributed by atoms with Crippen LogP contribution in [0.2, 0.25) is 5.02 Å². The summed E-state index contributed by atoms with van der Waals surface area (Å²) in [4.78, 5) is 19.5. The molecule has 2 aromatic carbocycles. The van der Waals surface area contributed by atoms with Crippen molar-refractivity contribution in [1.82, 2.24) is 20.4 Å². The Bertz CT molecular complexity index is 1210. The molecule has 0 saturated heterocycles. The summed E-state index contributed by atoms with van der Waals surface area (Å²) in [5, 5.41) is 7.92. The largest absolute Gasteiger partial charge is 0.497 e. The predicted molar refractivity (Wildman–Crippen MR) is 134 cm³/mol. The van der Waals surface area contributed by atoms with E-state index in [0.29, 0.717) is 42.1 Å². The van der Waals surface area contributed by atoms with Gasteiger partial charge < -0.3 is 19.3 Å². The Kier molecular flexibility index (Phi) is 7.73. The molecule has 2 amide bonds. The van der Waals surface area contributed by atoms with Crippen molar-refractivity contribution in [3.63, 3.8) is 0 Å². The summed E-state index contributed by atoms with van der Waals surface area (Å²) in [6.07, 6.45) is 0.833. The lowest BCUT2D eigenvalue weighted by Crippen LogP contribution is -2.46. The van der Waals surface area contributed by atoms with E-state index in [1.807, 2.05) is 57.2 Å². The molecule has 0 fully saturated rings. The van der Waals surface area contributed by atoms with Crippen LogP contribution in [0.4, 0.5) is 4.79 Å². The third kappa shape index (κ3) is 5.66. The van der Waals surface area contributed by atoms with Crippen LogP contribution in [-0.4, -0.2) is 47.4 Å². The molecule has 35 heavy (non-hydrogen) atoms. The number of allylic oxidation sites excluding steroid dienone is 1. The van der Waals surface area contributed by atoms with Crippen LogP contribution in [0.1, 0.15) is 44.7 Å². The first-order valence-corrected chi connectivity index (χ1v) is 11.9. The second-order valence-corrected chi connectivity index (χ2v) is 8.95. The summed E-state index contributed by atoms with van der Waals surface area (Å²) in [6, 6.07) is 14.1. The smallest absolute Gasteiger partial charge is 0.322 e. The Labute approximate surface area is 209 Å². The minimum absolute atomic E-state index is 0.138. The van der Waals surface area contributed by atoms with Crippen LogP contribution < -0.4 is 10.1 Å². The van der Waals surface area contributed by atoms with E-state index in [4.69, 9.17) is 25.6 Å². The normalized spacial score (nSPS) is 16.1. The number of nitrogens with zero attached hydrogens (tertiary/aromatic N) is 3. The Morgan fingerprint density at radius 2 is 1.97 bits per heavy atom. The number of halogens is 1. The van der Waals surface area contributed by atoms with Gasteiger partial charge in [-0.1, -0.05) is 28.9 Å². The number of carbonyl (C=O) groups excluding carboxylic acids is 1. The zero-order chi connectivity index (χ0) is 24.9. The Balaban J connectivity index is 1.72. The third-order valence-corrected chi connectivity index (χ3v) is 6.01. The van der Waals surface area contributed by atoms with Gasteiger partial charge in [0, 0.05) is 29.4 Å². The summed E-state index contributed by atoms with van der Waals surface area (Å²) in [7, 11) is 1.61. The Hall–Kier alpha value is -3.36. The van der Waals surface area contributed by atoms with Crippen LogP contribution in [0, 0.1) is 0 Å².